The van der Waals surface area contributed by atoms with Gasteiger partial charge in [0.15, 0.2) is 0 Å². The second-order valence-electron chi connectivity index (χ2n) is 5.99. The van der Waals surface area contributed by atoms with Crippen molar-refractivity contribution in [3.8, 4) is 0 Å². The molecule has 22 heavy (non-hydrogen) atoms. The van der Waals surface area contributed by atoms with E-state index >= 15 is 0 Å². The minimum absolute atomic E-state index is 0.0542. The fourth-order valence-corrected chi connectivity index (χ4v) is 3.02. The zero-order chi connectivity index (χ0) is 15.2. The molecule has 1 atom stereocenters. The third kappa shape index (κ3) is 3.99. The minimum Gasteiger partial charge on any atom is -0.378 e. The first-order valence-electron chi connectivity index (χ1n) is 8.26. The zero-order valence-electron chi connectivity index (χ0n) is 13.0. The highest BCUT2D eigenvalue weighted by atomic mass is 16.5. The summed E-state index contributed by atoms with van der Waals surface area (Å²) in [5.41, 5.74) is 2.47. The number of hydrogen-bond acceptors (Lipinski definition) is 4. The molecule has 0 spiro atoms. The lowest BCUT2D eigenvalue weighted by molar-refractivity contribution is -0.122. The Morgan fingerprint density at radius 2 is 1.95 bits per heavy atom. The molecule has 5 nitrogen and oxygen atoms in total. The third-order valence-electron chi connectivity index (χ3n) is 4.40. The Hall–Kier alpha value is -1.59. The van der Waals surface area contributed by atoms with Crippen LogP contribution in [0.3, 0.4) is 0 Å². The van der Waals surface area contributed by atoms with Crippen molar-refractivity contribution >= 4 is 11.6 Å². The van der Waals surface area contributed by atoms with Crippen molar-refractivity contribution in [2.75, 3.05) is 37.7 Å². The Balaban J connectivity index is 1.53. The second kappa shape index (κ2) is 7.61. The normalized spacial score (nSPS) is 23.0. The van der Waals surface area contributed by atoms with Gasteiger partial charge in [-0.2, -0.15) is 0 Å². The smallest absolute Gasteiger partial charge is 0.237 e. The molecule has 1 aromatic carbocycles. The fraction of sp³-hybridized carbons (Fsp3) is 0.588. The molecule has 2 aliphatic rings. The molecule has 0 aromatic heterocycles. The number of rotatable bonds is 4. The van der Waals surface area contributed by atoms with Crippen molar-refractivity contribution in [1.29, 1.82) is 0 Å². The Kier molecular flexibility index (Phi) is 5.29. The lowest BCUT2D eigenvalue weighted by Crippen LogP contribution is -2.42. The number of nitrogens with one attached hydrogen (secondary N) is 2. The van der Waals surface area contributed by atoms with E-state index in [0.29, 0.717) is 0 Å². The Labute approximate surface area is 132 Å². The predicted molar refractivity (Wildman–Crippen MR) is 87.0 cm³/mol. The van der Waals surface area contributed by atoms with Gasteiger partial charge in [0.2, 0.25) is 5.91 Å². The van der Waals surface area contributed by atoms with E-state index in [9.17, 15) is 4.79 Å². The number of carbonyl (C=O) groups excluding carboxylic acids is 1. The standard InChI is InChI=1S/C17H25N3O2/c21-17-16(3-1-2-8-18-17)19-13-14-4-6-15(7-5-14)20-9-11-22-12-10-20/h4-7,16,19H,1-3,8-13H2,(H,18,21). The third-order valence-corrected chi connectivity index (χ3v) is 4.40. The van der Waals surface area contributed by atoms with Crippen LogP contribution in [0.4, 0.5) is 5.69 Å². The highest BCUT2D eigenvalue weighted by Crippen LogP contribution is 2.17. The molecule has 1 amide bonds. The number of nitrogens with zero attached hydrogens (tertiary/aromatic N) is 1. The Bertz CT molecular complexity index is 483. The molecule has 3 rings (SSSR count). The molecule has 120 valence electrons. The van der Waals surface area contributed by atoms with Crippen LogP contribution in [-0.2, 0) is 16.1 Å². The monoisotopic (exact) mass is 303 g/mol. The van der Waals surface area contributed by atoms with Crippen molar-refractivity contribution in [2.24, 2.45) is 0 Å². The number of hydrogen-bond donors (Lipinski definition) is 2. The Morgan fingerprint density at radius 1 is 1.18 bits per heavy atom. The molecule has 2 N–H and O–H groups in total. The van der Waals surface area contributed by atoms with Crippen molar-refractivity contribution in [3.05, 3.63) is 29.8 Å². The van der Waals surface area contributed by atoms with Crippen molar-refractivity contribution < 1.29 is 9.53 Å². The number of morpholine rings is 1. The maximum absolute atomic E-state index is 11.9. The molecule has 0 bridgehead atoms. The van der Waals surface area contributed by atoms with Gasteiger partial charge in [0.25, 0.3) is 0 Å². The summed E-state index contributed by atoms with van der Waals surface area (Å²) in [5, 5.41) is 6.34. The van der Waals surface area contributed by atoms with Crippen LogP contribution in [0.25, 0.3) is 0 Å². The summed E-state index contributed by atoms with van der Waals surface area (Å²) in [5.74, 6) is 0.141. The SMILES string of the molecule is O=C1NCCCCC1NCc1ccc(N2CCOCC2)cc1. The molecule has 2 heterocycles. The van der Waals surface area contributed by atoms with Crippen LogP contribution in [0, 0.1) is 0 Å². The van der Waals surface area contributed by atoms with Gasteiger partial charge in [-0.1, -0.05) is 12.1 Å². The van der Waals surface area contributed by atoms with Gasteiger partial charge in [0, 0.05) is 31.9 Å². The zero-order valence-corrected chi connectivity index (χ0v) is 13.0. The summed E-state index contributed by atoms with van der Waals surface area (Å²) in [4.78, 5) is 14.3. The molecule has 0 radical (unpaired) electrons. The van der Waals surface area contributed by atoms with Gasteiger partial charge in [-0.05, 0) is 37.0 Å². The van der Waals surface area contributed by atoms with Gasteiger partial charge in [-0.15, -0.1) is 0 Å². The van der Waals surface area contributed by atoms with Crippen molar-refractivity contribution in [1.82, 2.24) is 10.6 Å². The van der Waals surface area contributed by atoms with Gasteiger partial charge in [0.1, 0.15) is 0 Å². The first-order chi connectivity index (χ1) is 10.8. The fourth-order valence-electron chi connectivity index (χ4n) is 3.02. The first-order valence-corrected chi connectivity index (χ1v) is 8.26. The number of anilines is 1. The van der Waals surface area contributed by atoms with Crippen LogP contribution < -0.4 is 15.5 Å². The van der Waals surface area contributed by atoms with Crippen LogP contribution in [-0.4, -0.2) is 44.8 Å². The molecule has 2 aliphatic heterocycles. The van der Waals surface area contributed by atoms with E-state index in [1.54, 1.807) is 0 Å². The summed E-state index contributed by atoms with van der Waals surface area (Å²) in [7, 11) is 0. The van der Waals surface area contributed by atoms with Crippen LogP contribution in [0.15, 0.2) is 24.3 Å². The maximum Gasteiger partial charge on any atom is 0.237 e. The Morgan fingerprint density at radius 3 is 2.73 bits per heavy atom. The average molecular weight is 303 g/mol. The lowest BCUT2D eigenvalue weighted by Gasteiger charge is -2.29. The largest absolute Gasteiger partial charge is 0.378 e. The van der Waals surface area contributed by atoms with Gasteiger partial charge < -0.3 is 20.3 Å². The van der Waals surface area contributed by atoms with Gasteiger partial charge in [-0.25, -0.2) is 0 Å². The molecule has 1 aromatic rings. The minimum atomic E-state index is -0.0542. The molecular formula is C17H25N3O2. The van der Waals surface area contributed by atoms with E-state index in [0.717, 1.165) is 58.7 Å². The van der Waals surface area contributed by atoms with E-state index in [1.807, 2.05) is 0 Å². The van der Waals surface area contributed by atoms with Crippen LogP contribution in [0.2, 0.25) is 0 Å². The maximum atomic E-state index is 11.9. The number of ether oxygens (including phenoxy) is 1. The number of amides is 1. The van der Waals surface area contributed by atoms with E-state index < -0.39 is 0 Å². The quantitative estimate of drug-likeness (QED) is 0.880. The van der Waals surface area contributed by atoms with Gasteiger partial charge >= 0.3 is 0 Å². The number of carbonyl (C=O) groups is 1. The molecular weight excluding hydrogens is 278 g/mol. The summed E-state index contributed by atoms with van der Waals surface area (Å²) in [6.45, 7) is 5.08. The molecule has 0 saturated carbocycles. The predicted octanol–water partition coefficient (Wildman–Crippen LogP) is 1.28. The van der Waals surface area contributed by atoms with Gasteiger partial charge in [-0.3, -0.25) is 4.79 Å². The van der Waals surface area contributed by atoms with Gasteiger partial charge in [0.05, 0.1) is 19.3 Å². The van der Waals surface area contributed by atoms with Crippen LogP contribution in [0.5, 0.6) is 0 Å². The average Bonchev–Trinajstić information content (AvgIpc) is 2.78. The van der Waals surface area contributed by atoms with Crippen LogP contribution >= 0.6 is 0 Å². The summed E-state index contributed by atoms with van der Waals surface area (Å²) < 4.78 is 5.38. The van der Waals surface area contributed by atoms with Crippen LogP contribution in [0.1, 0.15) is 24.8 Å². The van der Waals surface area contributed by atoms with E-state index in [2.05, 4.69) is 39.8 Å². The van der Waals surface area contributed by atoms with E-state index in [-0.39, 0.29) is 11.9 Å². The molecule has 1 unspecified atom stereocenters. The number of benzene rings is 1. The molecule has 2 fully saturated rings. The second-order valence-corrected chi connectivity index (χ2v) is 5.99. The highest BCUT2D eigenvalue weighted by Gasteiger charge is 2.19. The first kappa shape index (κ1) is 15.3. The molecule has 0 aliphatic carbocycles. The highest BCUT2D eigenvalue weighted by molar-refractivity contribution is 5.81. The van der Waals surface area contributed by atoms with E-state index in [4.69, 9.17) is 4.74 Å². The molecule has 5 heteroatoms. The summed E-state index contributed by atoms with van der Waals surface area (Å²) >= 11 is 0. The topological polar surface area (TPSA) is 53.6 Å². The van der Waals surface area contributed by atoms with Crippen molar-refractivity contribution in [2.45, 2.75) is 31.8 Å². The summed E-state index contributed by atoms with van der Waals surface area (Å²) in [6, 6.07) is 8.56. The summed E-state index contributed by atoms with van der Waals surface area (Å²) in [6.07, 6.45) is 3.11. The van der Waals surface area contributed by atoms with Crippen molar-refractivity contribution in [3.63, 3.8) is 0 Å². The molecule has 2 saturated heterocycles. The van der Waals surface area contributed by atoms with E-state index in [1.165, 1.54) is 11.3 Å². The lowest BCUT2D eigenvalue weighted by atomic mass is 10.1.